The first kappa shape index (κ1) is 15.7. The molecular weight excluding hydrogens is 262 g/mol. The molecule has 1 aromatic heterocycles. The highest BCUT2D eigenvalue weighted by atomic mass is 32.1. The predicted molar refractivity (Wildman–Crippen MR) is 76.1 cm³/mol. The fraction of sp³-hybridized carbons (Fsp3) is 0.571. The van der Waals surface area contributed by atoms with Crippen molar-refractivity contribution in [2.45, 2.75) is 32.6 Å². The zero-order valence-electron chi connectivity index (χ0n) is 11.6. The van der Waals surface area contributed by atoms with Crippen molar-refractivity contribution >= 4 is 23.2 Å². The molecule has 0 saturated carbocycles. The Bertz CT molecular complexity index is 389. The van der Waals surface area contributed by atoms with Crippen molar-refractivity contribution < 1.29 is 14.3 Å². The maximum Gasteiger partial charge on any atom is 0.307 e. The van der Waals surface area contributed by atoms with Crippen LogP contribution in [0.15, 0.2) is 17.5 Å². The molecular formula is C14H21NO3S. The summed E-state index contributed by atoms with van der Waals surface area (Å²) in [5, 5.41) is 1.97. The topological polar surface area (TPSA) is 46.6 Å². The Hall–Kier alpha value is -1.36. The lowest BCUT2D eigenvalue weighted by molar-refractivity contribution is -0.141. The average molecular weight is 283 g/mol. The molecule has 0 saturated heterocycles. The number of methoxy groups -OCH3 is 1. The molecule has 0 atom stereocenters. The van der Waals surface area contributed by atoms with Crippen LogP contribution < -0.4 is 0 Å². The monoisotopic (exact) mass is 283 g/mol. The molecule has 0 aromatic carbocycles. The summed E-state index contributed by atoms with van der Waals surface area (Å²) < 4.78 is 4.62. The summed E-state index contributed by atoms with van der Waals surface area (Å²) in [4.78, 5) is 26.2. The van der Waals surface area contributed by atoms with Crippen LogP contribution >= 0.6 is 11.3 Å². The molecule has 0 fully saturated rings. The number of rotatable bonds is 8. The highest BCUT2D eigenvalue weighted by molar-refractivity contribution is 7.10. The molecule has 0 unspecified atom stereocenters. The Morgan fingerprint density at radius 3 is 2.74 bits per heavy atom. The van der Waals surface area contributed by atoms with E-state index in [0.29, 0.717) is 19.5 Å². The summed E-state index contributed by atoms with van der Waals surface area (Å²) in [6, 6.07) is 3.90. The van der Waals surface area contributed by atoms with Crippen LogP contribution in [0.2, 0.25) is 0 Å². The highest BCUT2D eigenvalue weighted by Gasteiger charge is 2.15. The van der Waals surface area contributed by atoms with Crippen molar-refractivity contribution in [2.24, 2.45) is 0 Å². The lowest BCUT2D eigenvalue weighted by Gasteiger charge is -2.21. The van der Waals surface area contributed by atoms with E-state index in [1.54, 1.807) is 16.2 Å². The van der Waals surface area contributed by atoms with Crippen molar-refractivity contribution in [1.29, 1.82) is 0 Å². The number of hydrogen-bond acceptors (Lipinski definition) is 4. The first-order valence-corrected chi connectivity index (χ1v) is 7.42. The first-order chi connectivity index (χ1) is 9.17. The lowest BCUT2D eigenvalue weighted by Crippen LogP contribution is -2.35. The number of nitrogens with zero attached hydrogens (tertiary/aromatic N) is 1. The molecule has 0 bridgehead atoms. The molecule has 1 heterocycles. The van der Waals surface area contributed by atoms with Crippen LogP contribution in [0.4, 0.5) is 0 Å². The number of unbranched alkanes of at least 4 members (excludes halogenated alkanes) is 1. The van der Waals surface area contributed by atoms with Gasteiger partial charge in [0.25, 0.3) is 0 Å². The molecule has 4 nitrogen and oxygen atoms in total. The molecule has 0 N–H and O–H groups in total. The Kier molecular flexibility index (Phi) is 7.18. The van der Waals surface area contributed by atoms with Crippen LogP contribution in [0.1, 0.15) is 31.1 Å². The van der Waals surface area contributed by atoms with Crippen molar-refractivity contribution in [1.82, 2.24) is 4.90 Å². The van der Waals surface area contributed by atoms with Gasteiger partial charge in [-0.25, -0.2) is 0 Å². The van der Waals surface area contributed by atoms with Crippen LogP contribution in [0.5, 0.6) is 0 Å². The highest BCUT2D eigenvalue weighted by Crippen LogP contribution is 2.11. The van der Waals surface area contributed by atoms with E-state index in [2.05, 4.69) is 11.7 Å². The summed E-state index contributed by atoms with van der Waals surface area (Å²) in [7, 11) is 1.37. The summed E-state index contributed by atoms with van der Waals surface area (Å²) in [6.07, 6.45) is 2.66. The average Bonchev–Trinajstić information content (AvgIpc) is 2.91. The van der Waals surface area contributed by atoms with Gasteiger partial charge in [0.2, 0.25) is 5.91 Å². The normalized spacial score (nSPS) is 10.2. The van der Waals surface area contributed by atoms with E-state index in [4.69, 9.17) is 0 Å². The number of esters is 1. The third kappa shape index (κ3) is 5.87. The van der Waals surface area contributed by atoms with Crippen LogP contribution in [-0.2, 0) is 20.7 Å². The second-order valence-corrected chi connectivity index (χ2v) is 5.35. The first-order valence-electron chi connectivity index (χ1n) is 6.54. The summed E-state index contributed by atoms with van der Waals surface area (Å²) in [5.41, 5.74) is 0. The summed E-state index contributed by atoms with van der Waals surface area (Å²) >= 11 is 1.58. The van der Waals surface area contributed by atoms with Gasteiger partial charge >= 0.3 is 5.97 Å². The van der Waals surface area contributed by atoms with E-state index in [-0.39, 0.29) is 18.3 Å². The van der Waals surface area contributed by atoms with Gasteiger partial charge in [0.1, 0.15) is 0 Å². The Morgan fingerprint density at radius 2 is 2.16 bits per heavy atom. The molecule has 0 aliphatic rings. The van der Waals surface area contributed by atoms with Gasteiger partial charge in [0, 0.05) is 18.0 Å². The fourth-order valence-electron chi connectivity index (χ4n) is 1.71. The third-order valence-corrected chi connectivity index (χ3v) is 3.73. The van der Waals surface area contributed by atoms with Crippen molar-refractivity contribution in [3.63, 3.8) is 0 Å². The number of amides is 1. The molecule has 0 aliphatic heterocycles. The molecule has 1 rings (SSSR count). The van der Waals surface area contributed by atoms with Crippen molar-refractivity contribution in [3.8, 4) is 0 Å². The van der Waals surface area contributed by atoms with Gasteiger partial charge in [0.15, 0.2) is 0 Å². The van der Waals surface area contributed by atoms with E-state index in [0.717, 1.165) is 17.7 Å². The second-order valence-electron chi connectivity index (χ2n) is 4.32. The van der Waals surface area contributed by atoms with Gasteiger partial charge < -0.3 is 9.64 Å². The molecule has 19 heavy (non-hydrogen) atoms. The maximum absolute atomic E-state index is 12.2. The number of ether oxygens (including phenoxy) is 1. The molecule has 0 aliphatic carbocycles. The Labute approximate surface area is 118 Å². The Balaban J connectivity index is 2.51. The molecule has 0 radical (unpaired) electrons. The SMILES string of the molecule is CCCCN(CCC(=O)OC)C(=O)Cc1cccs1. The fourth-order valence-corrected chi connectivity index (χ4v) is 2.41. The second kappa shape index (κ2) is 8.69. The smallest absolute Gasteiger partial charge is 0.307 e. The van der Waals surface area contributed by atoms with Crippen molar-refractivity contribution in [2.75, 3.05) is 20.2 Å². The summed E-state index contributed by atoms with van der Waals surface area (Å²) in [5.74, 6) is -0.190. The number of hydrogen-bond donors (Lipinski definition) is 0. The van der Waals surface area contributed by atoms with E-state index in [9.17, 15) is 9.59 Å². The molecule has 106 valence electrons. The largest absolute Gasteiger partial charge is 0.469 e. The van der Waals surface area contributed by atoms with Gasteiger partial charge in [-0.05, 0) is 17.9 Å². The molecule has 1 amide bonds. The van der Waals surface area contributed by atoms with Gasteiger partial charge in [-0.15, -0.1) is 11.3 Å². The zero-order chi connectivity index (χ0) is 14.1. The Morgan fingerprint density at radius 1 is 1.37 bits per heavy atom. The lowest BCUT2D eigenvalue weighted by atomic mass is 10.2. The minimum Gasteiger partial charge on any atom is -0.469 e. The number of carbonyl (C=O) groups excluding carboxylic acids is 2. The van der Waals surface area contributed by atoms with Gasteiger partial charge in [-0.2, -0.15) is 0 Å². The van der Waals surface area contributed by atoms with E-state index < -0.39 is 0 Å². The van der Waals surface area contributed by atoms with Gasteiger partial charge in [-0.3, -0.25) is 9.59 Å². The molecule has 1 aromatic rings. The predicted octanol–water partition coefficient (Wildman–Crippen LogP) is 2.48. The van der Waals surface area contributed by atoms with E-state index in [1.165, 1.54) is 7.11 Å². The zero-order valence-corrected chi connectivity index (χ0v) is 12.4. The van der Waals surface area contributed by atoms with Gasteiger partial charge in [0.05, 0.1) is 20.0 Å². The number of thiophene rings is 1. The minimum atomic E-state index is -0.273. The summed E-state index contributed by atoms with van der Waals surface area (Å²) in [6.45, 7) is 3.23. The quantitative estimate of drug-likeness (QED) is 0.689. The molecule has 0 spiro atoms. The number of carbonyl (C=O) groups is 2. The van der Waals surface area contributed by atoms with Crippen LogP contribution in [-0.4, -0.2) is 37.0 Å². The van der Waals surface area contributed by atoms with Crippen LogP contribution in [0.3, 0.4) is 0 Å². The standard InChI is InChI=1S/C14H21NO3S/c1-3-4-8-15(9-7-14(17)18-2)13(16)11-12-6-5-10-19-12/h5-6,10H,3-4,7-9,11H2,1-2H3. The maximum atomic E-state index is 12.2. The van der Waals surface area contributed by atoms with E-state index >= 15 is 0 Å². The molecule has 5 heteroatoms. The van der Waals surface area contributed by atoms with Crippen LogP contribution in [0.25, 0.3) is 0 Å². The van der Waals surface area contributed by atoms with Gasteiger partial charge in [-0.1, -0.05) is 19.4 Å². The van der Waals surface area contributed by atoms with Crippen molar-refractivity contribution in [3.05, 3.63) is 22.4 Å². The third-order valence-electron chi connectivity index (χ3n) is 2.85. The van der Waals surface area contributed by atoms with Crippen LogP contribution in [0, 0.1) is 0 Å². The minimum absolute atomic E-state index is 0.0832. The van der Waals surface area contributed by atoms with E-state index in [1.807, 2.05) is 17.5 Å².